The minimum absolute atomic E-state index is 0.230. The van der Waals surface area contributed by atoms with Crippen molar-refractivity contribution in [2.75, 3.05) is 5.32 Å². The number of aromatic nitrogens is 4. The van der Waals surface area contributed by atoms with Crippen molar-refractivity contribution in [1.29, 1.82) is 0 Å². The van der Waals surface area contributed by atoms with Crippen molar-refractivity contribution in [3.63, 3.8) is 0 Å². The predicted octanol–water partition coefficient (Wildman–Crippen LogP) is 1.61. The van der Waals surface area contributed by atoms with Crippen molar-refractivity contribution >= 4 is 22.6 Å². The van der Waals surface area contributed by atoms with Gasteiger partial charge in [0.05, 0.1) is 0 Å². The Morgan fingerprint density at radius 2 is 1.94 bits per heavy atom. The molecule has 2 N–H and O–H groups in total. The van der Waals surface area contributed by atoms with E-state index in [1.54, 1.807) is 6.07 Å². The third kappa shape index (κ3) is 1.80. The molecule has 18 heavy (non-hydrogen) atoms. The van der Waals surface area contributed by atoms with Gasteiger partial charge in [0, 0.05) is 5.56 Å². The van der Waals surface area contributed by atoms with Crippen LogP contribution in [0.3, 0.4) is 0 Å². The van der Waals surface area contributed by atoms with Gasteiger partial charge in [0.1, 0.15) is 0 Å². The van der Waals surface area contributed by atoms with E-state index in [0.717, 1.165) is 10.8 Å². The zero-order valence-electron chi connectivity index (χ0n) is 9.29. The summed E-state index contributed by atoms with van der Waals surface area (Å²) < 4.78 is 0. The number of tetrazole rings is 1. The Balaban J connectivity index is 2.01. The van der Waals surface area contributed by atoms with Gasteiger partial charge in [0.2, 0.25) is 5.95 Å². The fraction of sp³-hybridized carbons (Fsp3) is 0. The number of carbonyl (C=O) groups is 1. The lowest BCUT2D eigenvalue weighted by Crippen LogP contribution is -2.13. The summed E-state index contributed by atoms with van der Waals surface area (Å²) >= 11 is 0. The molecule has 3 rings (SSSR count). The van der Waals surface area contributed by atoms with Gasteiger partial charge in [-0.2, -0.15) is 0 Å². The molecule has 1 heterocycles. The molecule has 0 aliphatic carbocycles. The molecule has 1 amide bonds. The molecule has 0 saturated carbocycles. The number of nitrogens with one attached hydrogen (secondary N) is 2. The lowest BCUT2D eigenvalue weighted by molar-refractivity contribution is 0.102. The second-order valence-electron chi connectivity index (χ2n) is 3.73. The van der Waals surface area contributed by atoms with Gasteiger partial charge in [-0.1, -0.05) is 41.5 Å². The van der Waals surface area contributed by atoms with Crippen LogP contribution in [-0.2, 0) is 0 Å². The van der Waals surface area contributed by atoms with Gasteiger partial charge in [-0.3, -0.25) is 10.1 Å². The number of nitrogens with zero attached hydrogens (tertiary/aromatic N) is 3. The van der Waals surface area contributed by atoms with Crippen LogP contribution in [-0.4, -0.2) is 26.5 Å². The smallest absolute Gasteiger partial charge is 0.258 e. The van der Waals surface area contributed by atoms with Gasteiger partial charge in [0.25, 0.3) is 5.91 Å². The molecule has 0 spiro atoms. The van der Waals surface area contributed by atoms with Crippen molar-refractivity contribution in [3.8, 4) is 0 Å². The highest BCUT2D eigenvalue weighted by Gasteiger charge is 2.11. The molecule has 88 valence electrons. The van der Waals surface area contributed by atoms with Crippen LogP contribution in [0.25, 0.3) is 10.8 Å². The number of H-pyrrole nitrogens is 1. The maximum Gasteiger partial charge on any atom is 0.258 e. The normalized spacial score (nSPS) is 10.4. The molecule has 0 aliphatic heterocycles. The second-order valence-corrected chi connectivity index (χ2v) is 3.73. The molecule has 6 nitrogen and oxygen atoms in total. The Kier molecular flexibility index (Phi) is 2.45. The van der Waals surface area contributed by atoms with E-state index in [2.05, 4.69) is 25.9 Å². The van der Waals surface area contributed by atoms with Gasteiger partial charge < -0.3 is 0 Å². The molecule has 6 heteroatoms. The lowest BCUT2D eigenvalue weighted by Gasteiger charge is -2.05. The van der Waals surface area contributed by atoms with Crippen LogP contribution in [0.5, 0.6) is 0 Å². The Labute approximate surface area is 102 Å². The van der Waals surface area contributed by atoms with Crippen LogP contribution in [0.4, 0.5) is 5.95 Å². The number of anilines is 1. The maximum absolute atomic E-state index is 12.1. The number of hydrogen-bond donors (Lipinski definition) is 2. The molecule has 2 aromatic carbocycles. The fourth-order valence-corrected chi connectivity index (χ4v) is 1.81. The van der Waals surface area contributed by atoms with Gasteiger partial charge in [-0.25, -0.2) is 5.10 Å². The minimum atomic E-state index is -0.245. The predicted molar refractivity (Wildman–Crippen MR) is 66.1 cm³/mol. The third-order valence-electron chi connectivity index (χ3n) is 2.61. The molecule has 0 saturated heterocycles. The number of benzene rings is 2. The van der Waals surface area contributed by atoms with Crippen LogP contribution < -0.4 is 5.32 Å². The number of fused-ring (bicyclic) bond motifs is 1. The summed E-state index contributed by atoms with van der Waals surface area (Å²) in [6.07, 6.45) is 0. The van der Waals surface area contributed by atoms with E-state index in [4.69, 9.17) is 0 Å². The van der Waals surface area contributed by atoms with E-state index in [9.17, 15) is 4.79 Å². The van der Waals surface area contributed by atoms with Gasteiger partial charge in [-0.15, -0.1) is 0 Å². The van der Waals surface area contributed by atoms with E-state index in [1.165, 1.54) is 0 Å². The Morgan fingerprint density at radius 1 is 1.11 bits per heavy atom. The van der Waals surface area contributed by atoms with Gasteiger partial charge >= 0.3 is 0 Å². The molecule has 3 aromatic rings. The summed E-state index contributed by atoms with van der Waals surface area (Å²) in [5.74, 6) is -0.0155. The lowest BCUT2D eigenvalue weighted by atomic mass is 10.0. The topological polar surface area (TPSA) is 83.6 Å². The van der Waals surface area contributed by atoms with E-state index in [-0.39, 0.29) is 11.9 Å². The highest BCUT2D eigenvalue weighted by molar-refractivity contribution is 6.12. The summed E-state index contributed by atoms with van der Waals surface area (Å²) in [6, 6.07) is 13.3. The Bertz CT molecular complexity index is 687. The molecule has 0 unspecified atom stereocenters. The number of rotatable bonds is 2. The molecule has 1 aromatic heterocycles. The van der Waals surface area contributed by atoms with Gasteiger partial charge in [0.15, 0.2) is 0 Å². The number of hydrogen-bond acceptors (Lipinski definition) is 4. The first-order valence-electron chi connectivity index (χ1n) is 5.37. The highest BCUT2D eigenvalue weighted by Crippen LogP contribution is 2.18. The number of aromatic amines is 1. The molecule has 0 atom stereocenters. The van der Waals surface area contributed by atoms with Crippen molar-refractivity contribution in [2.24, 2.45) is 0 Å². The molecule has 0 fully saturated rings. The summed E-state index contributed by atoms with van der Waals surface area (Å²) in [7, 11) is 0. The zero-order valence-corrected chi connectivity index (χ0v) is 9.29. The van der Waals surface area contributed by atoms with Crippen molar-refractivity contribution in [3.05, 3.63) is 48.0 Å². The largest absolute Gasteiger partial charge is 0.289 e. The molecular weight excluding hydrogens is 230 g/mol. The van der Waals surface area contributed by atoms with Crippen molar-refractivity contribution in [2.45, 2.75) is 0 Å². The van der Waals surface area contributed by atoms with Crippen LogP contribution in [0.15, 0.2) is 42.5 Å². The monoisotopic (exact) mass is 239 g/mol. The third-order valence-corrected chi connectivity index (χ3v) is 2.61. The van der Waals surface area contributed by atoms with E-state index in [0.29, 0.717) is 5.56 Å². The first kappa shape index (κ1) is 10.4. The van der Waals surface area contributed by atoms with E-state index >= 15 is 0 Å². The zero-order chi connectivity index (χ0) is 12.4. The Hall–Kier alpha value is -2.76. The van der Waals surface area contributed by atoms with Gasteiger partial charge in [-0.05, 0) is 27.3 Å². The second kappa shape index (κ2) is 4.25. The highest BCUT2D eigenvalue weighted by atomic mass is 16.1. The van der Waals surface area contributed by atoms with Crippen molar-refractivity contribution < 1.29 is 4.79 Å². The molecule has 0 bridgehead atoms. The first-order valence-corrected chi connectivity index (χ1v) is 5.37. The summed E-state index contributed by atoms with van der Waals surface area (Å²) in [5, 5.41) is 17.4. The average molecular weight is 239 g/mol. The first-order chi connectivity index (χ1) is 8.84. The van der Waals surface area contributed by atoms with Crippen LogP contribution >= 0.6 is 0 Å². The maximum atomic E-state index is 12.1. The van der Waals surface area contributed by atoms with Crippen LogP contribution in [0.2, 0.25) is 0 Å². The van der Waals surface area contributed by atoms with Crippen molar-refractivity contribution in [1.82, 2.24) is 20.6 Å². The van der Waals surface area contributed by atoms with E-state index < -0.39 is 0 Å². The summed E-state index contributed by atoms with van der Waals surface area (Å²) in [6.45, 7) is 0. The molecular formula is C12H9N5O. The Morgan fingerprint density at radius 3 is 2.78 bits per heavy atom. The quantitative estimate of drug-likeness (QED) is 0.711. The standard InChI is InChI=1S/C12H9N5O/c18-11(13-12-14-16-17-15-12)10-7-3-5-8-4-1-2-6-9(8)10/h1-7H,(H2,13,14,15,16,17,18). The molecule has 0 radical (unpaired) electrons. The number of amides is 1. The van der Waals surface area contributed by atoms with E-state index in [1.807, 2.05) is 36.4 Å². The SMILES string of the molecule is O=C(Nc1nnn[nH]1)c1cccc2ccccc12. The fourth-order valence-electron chi connectivity index (χ4n) is 1.81. The van der Waals surface area contributed by atoms with Crippen LogP contribution in [0, 0.1) is 0 Å². The summed E-state index contributed by atoms with van der Waals surface area (Å²) in [5.41, 5.74) is 0.588. The number of carbonyl (C=O) groups excluding carboxylic acids is 1. The average Bonchev–Trinajstić information content (AvgIpc) is 2.91. The van der Waals surface area contributed by atoms with Crippen LogP contribution in [0.1, 0.15) is 10.4 Å². The minimum Gasteiger partial charge on any atom is -0.289 e. The summed E-state index contributed by atoms with van der Waals surface area (Å²) in [4.78, 5) is 12.1. The molecule has 0 aliphatic rings.